The topological polar surface area (TPSA) is 63.6 Å². The molecule has 0 amide bonds. The molecule has 0 radical (unpaired) electrons. The zero-order valence-corrected chi connectivity index (χ0v) is 15.1. The van der Waals surface area contributed by atoms with Gasteiger partial charge in [0.2, 0.25) is 11.8 Å². The van der Waals surface area contributed by atoms with Crippen LogP contribution in [0.15, 0.2) is 30.7 Å². The highest BCUT2D eigenvalue weighted by Gasteiger charge is 2.24. The van der Waals surface area contributed by atoms with Crippen molar-refractivity contribution in [2.75, 3.05) is 39.3 Å². The number of ether oxygens (including phenoxy) is 2. The second kappa shape index (κ2) is 8.11. The first-order valence-electron chi connectivity index (χ1n) is 8.49. The molecule has 134 valence electrons. The van der Waals surface area contributed by atoms with Crippen LogP contribution in [0.25, 0.3) is 0 Å². The molecule has 0 spiro atoms. The SMILES string of the molecule is COc1ccc(CN2CCCC(N(C)c3cc(OC)ncn3)C2)cn1. The Hall–Kier alpha value is -2.41. The Morgan fingerprint density at radius 3 is 2.72 bits per heavy atom. The summed E-state index contributed by atoms with van der Waals surface area (Å²) < 4.78 is 10.3. The van der Waals surface area contributed by atoms with Crippen molar-refractivity contribution in [3.63, 3.8) is 0 Å². The molecule has 1 saturated heterocycles. The number of aromatic nitrogens is 3. The monoisotopic (exact) mass is 343 g/mol. The van der Waals surface area contributed by atoms with Gasteiger partial charge in [-0.25, -0.2) is 15.0 Å². The van der Waals surface area contributed by atoms with Crippen LogP contribution in [0.2, 0.25) is 0 Å². The molecule has 1 aliphatic rings. The second-order valence-corrected chi connectivity index (χ2v) is 6.27. The van der Waals surface area contributed by atoms with Crippen LogP contribution >= 0.6 is 0 Å². The van der Waals surface area contributed by atoms with Crippen molar-refractivity contribution in [2.45, 2.75) is 25.4 Å². The van der Waals surface area contributed by atoms with Crippen molar-refractivity contribution in [1.82, 2.24) is 19.9 Å². The molecule has 1 aliphatic heterocycles. The van der Waals surface area contributed by atoms with Gasteiger partial charge in [0, 0.05) is 44.5 Å². The number of likely N-dealkylation sites (N-methyl/N-ethyl adjacent to an activating group) is 1. The first-order valence-corrected chi connectivity index (χ1v) is 8.49. The average molecular weight is 343 g/mol. The molecule has 0 aliphatic carbocycles. The largest absolute Gasteiger partial charge is 0.481 e. The van der Waals surface area contributed by atoms with E-state index in [1.165, 1.54) is 12.0 Å². The van der Waals surface area contributed by atoms with E-state index in [1.807, 2.05) is 18.3 Å². The van der Waals surface area contributed by atoms with Crippen LogP contribution in [0.4, 0.5) is 5.82 Å². The Labute approximate surface area is 148 Å². The van der Waals surface area contributed by atoms with Gasteiger partial charge < -0.3 is 14.4 Å². The number of anilines is 1. The van der Waals surface area contributed by atoms with Crippen molar-refractivity contribution in [1.29, 1.82) is 0 Å². The molecule has 1 atom stereocenters. The molecule has 7 nitrogen and oxygen atoms in total. The summed E-state index contributed by atoms with van der Waals surface area (Å²) in [6.07, 6.45) is 5.76. The van der Waals surface area contributed by atoms with Crippen molar-refractivity contribution < 1.29 is 9.47 Å². The van der Waals surface area contributed by atoms with Crippen LogP contribution in [0, 0.1) is 0 Å². The number of methoxy groups -OCH3 is 2. The van der Waals surface area contributed by atoms with Crippen LogP contribution in [0.3, 0.4) is 0 Å². The molecule has 25 heavy (non-hydrogen) atoms. The highest BCUT2D eigenvalue weighted by molar-refractivity contribution is 5.41. The second-order valence-electron chi connectivity index (χ2n) is 6.27. The van der Waals surface area contributed by atoms with Gasteiger partial charge in [-0.15, -0.1) is 0 Å². The quantitative estimate of drug-likeness (QED) is 0.795. The summed E-state index contributed by atoms with van der Waals surface area (Å²) >= 11 is 0. The Kier molecular flexibility index (Phi) is 5.65. The zero-order valence-electron chi connectivity index (χ0n) is 15.1. The van der Waals surface area contributed by atoms with Crippen LogP contribution < -0.4 is 14.4 Å². The van der Waals surface area contributed by atoms with E-state index >= 15 is 0 Å². The van der Waals surface area contributed by atoms with Crippen LogP contribution in [-0.2, 0) is 6.54 Å². The molecule has 2 aromatic heterocycles. The number of hydrogen-bond acceptors (Lipinski definition) is 7. The molecule has 1 unspecified atom stereocenters. The Bertz CT molecular complexity index is 679. The van der Waals surface area contributed by atoms with Crippen molar-refractivity contribution in [2.24, 2.45) is 0 Å². The van der Waals surface area contributed by atoms with Crippen molar-refractivity contribution in [3.05, 3.63) is 36.3 Å². The molecule has 1 fully saturated rings. The zero-order chi connectivity index (χ0) is 17.6. The number of likely N-dealkylation sites (tertiary alicyclic amines) is 1. The molecule has 2 aromatic rings. The summed E-state index contributed by atoms with van der Waals surface area (Å²) in [6.45, 7) is 2.99. The molecular weight excluding hydrogens is 318 g/mol. The molecule has 0 saturated carbocycles. The smallest absolute Gasteiger partial charge is 0.218 e. The number of piperidine rings is 1. The summed E-state index contributed by atoms with van der Waals surface area (Å²) in [6, 6.07) is 6.29. The highest BCUT2D eigenvalue weighted by Crippen LogP contribution is 2.22. The Balaban J connectivity index is 1.63. The maximum Gasteiger partial charge on any atom is 0.218 e. The fraction of sp³-hybridized carbons (Fsp3) is 0.500. The van der Waals surface area contributed by atoms with Gasteiger partial charge in [-0.1, -0.05) is 6.07 Å². The van der Waals surface area contributed by atoms with Gasteiger partial charge in [-0.05, 0) is 24.9 Å². The van der Waals surface area contributed by atoms with E-state index in [0.717, 1.165) is 31.9 Å². The van der Waals surface area contributed by atoms with Crippen LogP contribution in [0.5, 0.6) is 11.8 Å². The first kappa shape index (κ1) is 17.4. The summed E-state index contributed by atoms with van der Waals surface area (Å²) in [7, 11) is 5.34. The predicted octanol–water partition coefficient (Wildman–Crippen LogP) is 1.99. The van der Waals surface area contributed by atoms with Gasteiger partial charge in [0.05, 0.1) is 14.2 Å². The number of nitrogens with zero attached hydrogens (tertiary/aromatic N) is 5. The Morgan fingerprint density at radius 1 is 1.16 bits per heavy atom. The van der Waals surface area contributed by atoms with E-state index in [4.69, 9.17) is 9.47 Å². The van der Waals surface area contributed by atoms with Gasteiger partial charge in [0.25, 0.3) is 0 Å². The summed E-state index contributed by atoms with van der Waals surface area (Å²) in [4.78, 5) is 17.4. The van der Waals surface area contributed by atoms with Gasteiger partial charge in [-0.3, -0.25) is 4.90 Å². The van der Waals surface area contributed by atoms with E-state index in [-0.39, 0.29) is 0 Å². The first-order chi connectivity index (χ1) is 12.2. The lowest BCUT2D eigenvalue weighted by Gasteiger charge is -2.38. The summed E-state index contributed by atoms with van der Waals surface area (Å²) in [5.41, 5.74) is 1.20. The van der Waals surface area contributed by atoms with Gasteiger partial charge in [-0.2, -0.15) is 0 Å². The van der Waals surface area contributed by atoms with E-state index in [9.17, 15) is 0 Å². The molecule has 7 heteroatoms. The van der Waals surface area contributed by atoms with Crippen LogP contribution in [-0.4, -0.2) is 60.3 Å². The minimum atomic E-state index is 0.416. The fourth-order valence-corrected chi connectivity index (χ4v) is 3.20. The van der Waals surface area contributed by atoms with Gasteiger partial charge in [0.15, 0.2) is 0 Å². The minimum absolute atomic E-state index is 0.416. The maximum absolute atomic E-state index is 5.21. The highest BCUT2D eigenvalue weighted by atomic mass is 16.5. The molecule has 0 bridgehead atoms. The molecule has 0 aromatic carbocycles. The molecule has 3 heterocycles. The lowest BCUT2D eigenvalue weighted by Crippen LogP contribution is -2.46. The lowest BCUT2D eigenvalue weighted by atomic mass is 10.0. The lowest BCUT2D eigenvalue weighted by molar-refractivity contribution is 0.198. The molecule has 3 rings (SSSR count). The van der Waals surface area contributed by atoms with Gasteiger partial charge in [0.1, 0.15) is 12.1 Å². The normalized spacial score (nSPS) is 18.0. The summed E-state index contributed by atoms with van der Waals surface area (Å²) in [5.74, 6) is 2.14. The third kappa shape index (κ3) is 4.36. The minimum Gasteiger partial charge on any atom is -0.481 e. The third-order valence-corrected chi connectivity index (χ3v) is 4.64. The average Bonchev–Trinajstić information content (AvgIpc) is 2.68. The van der Waals surface area contributed by atoms with Crippen molar-refractivity contribution in [3.8, 4) is 11.8 Å². The molecule has 0 N–H and O–H groups in total. The standard InChI is InChI=1S/C18H25N5O2/c1-22(16-9-18(25-3)21-13-20-16)15-5-4-8-23(12-15)11-14-6-7-17(24-2)19-10-14/h6-7,9-10,13,15H,4-5,8,11-12H2,1-3H3. The maximum atomic E-state index is 5.21. The van der Waals surface area contributed by atoms with Crippen LogP contribution in [0.1, 0.15) is 18.4 Å². The Morgan fingerprint density at radius 2 is 2.00 bits per heavy atom. The van der Waals surface area contributed by atoms with E-state index in [0.29, 0.717) is 17.8 Å². The number of hydrogen-bond donors (Lipinski definition) is 0. The predicted molar refractivity (Wildman–Crippen MR) is 96.1 cm³/mol. The van der Waals surface area contributed by atoms with Crippen molar-refractivity contribution >= 4 is 5.82 Å². The summed E-state index contributed by atoms with van der Waals surface area (Å²) in [5, 5.41) is 0. The van der Waals surface area contributed by atoms with E-state index in [1.54, 1.807) is 20.5 Å². The molecular formula is C18H25N5O2. The number of rotatable bonds is 6. The van der Waals surface area contributed by atoms with E-state index in [2.05, 4.69) is 37.9 Å². The number of pyridine rings is 1. The van der Waals surface area contributed by atoms with E-state index < -0.39 is 0 Å². The van der Waals surface area contributed by atoms with Gasteiger partial charge >= 0.3 is 0 Å². The third-order valence-electron chi connectivity index (χ3n) is 4.64. The fourth-order valence-electron chi connectivity index (χ4n) is 3.20.